The predicted molar refractivity (Wildman–Crippen MR) is 97.0 cm³/mol. The van der Waals surface area contributed by atoms with E-state index in [-0.39, 0.29) is 30.2 Å². The van der Waals surface area contributed by atoms with Gasteiger partial charge in [0.05, 0.1) is 12.5 Å². The maximum atomic E-state index is 12.5. The van der Waals surface area contributed by atoms with Crippen LogP contribution in [0.3, 0.4) is 0 Å². The summed E-state index contributed by atoms with van der Waals surface area (Å²) in [5.41, 5.74) is 2.39. The van der Waals surface area contributed by atoms with E-state index >= 15 is 0 Å². The molecule has 0 bridgehead atoms. The first kappa shape index (κ1) is 16.0. The number of benzene rings is 2. The average molecular weight is 347 g/mol. The number of fused-ring (bicyclic) bond motifs is 1. The van der Waals surface area contributed by atoms with Gasteiger partial charge in [-0.1, -0.05) is 48.5 Å². The van der Waals surface area contributed by atoms with Gasteiger partial charge in [-0.15, -0.1) is 5.10 Å². The van der Waals surface area contributed by atoms with Gasteiger partial charge in [0.25, 0.3) is 11.9 Å². The second-order valence-electron chi connectivity index (χ2n) is 6.15. The molecule has 130 valence electrons. The minimum Gasteiger partial charge on any atom is -0.295 e. The van der Waals surface area contributed by atoms with Crippen molar-refractivity contribution in [3.05, 3.63) is 71.3 Å². The lowest BCUT2D eigenvalue weighted by atomic mass is 10.0. The number of amides is 2. The summed E-state index contributed by atoms with van der Waals surface area (Å²) in [6, 6.07) is 16.7. The Labute approximate surface area is 150 Å². The van der Waals surface area contributed by atoms with Crippen LogP contribution in [0.1, 0.15) is 33.9 Å². The summed E-state index contributed by atoms with van der Waals surface area (Å²) >= 11 is 0. The van der Waals surface area contributed by atoms with E-state index in [0.717, 1.165) is 11.1 Å². The fraction of sp³-hybridized carbons (Fsp3) is 0.158. The Balaban J connectivity index is 1.64. The molecule has 1 atom stereocenters. The number of anilines is 2. The van der Waals surface area contributed by atoms with Gasteiger partial charge in [-0.3, -0.25) is 20.2 Å². The minimum absolute atomic E-state index is 0.129. The highest BCUT2D eigenvalue weighted by molar-refractivity contribution is 6.04. The third-order valence-electron chi connectivity index (χ3n) is 4.36. The van der Waals surface area contributed by atoms with Crippen LogP contribution in [0.4, 0.5) is 11.9 Å². The molecule has 7 heteroatoms. The summed E-state index contributed by atoms with van der Waals surface area (Å²) in [6.07, 6.45) is 0.269. The summed E-state index contributed by atoms with van der Waals surface area (Å²) in [6.45, 7) is 1.87. The molecule has 2 aromatic carbocycles. The molecule has 0 radical (unpaired) electrons. The Bertz CT molecular complexity index is 981. The number of nitrogens with one attached hydrogen (secondary N) is 2. The highest BCUT2D eigenvalue weighted by Crippen LogP contribution is 2.29. The van der Waals surface area contributed by atoms with Gasteiger partial charge in [0, 0.05) is 5.56 Å². The van der Waals surface area contributed by atoms with Gasteiger partial charge in [-0.05, 0) is 24.1 Å². The Morgan fingerprint density at radius 1 is 1.15 bits per heavy atom. The summed E-state index contributed by atoms with van der Waals surface area (Å²) in [5, 5.41) is 9.81. The fourth-order valence-electron chi connectivity index (χ4n) is 3.05. The zero-order valence-electron chi connectivity index (χ0n) is 14.1. The van der Waals surface area contributed by atoms with Crippen molar-refractivity contribution in [2.45, 2.75) is 19.4 Å². The summed E-state index contributed by atoms with van der Waals surface area (Å²) < 4.78 is 1.64. The van der Waals surface area contributed by atoms with E-state index in [1.54, 1.807) is 16.8 Å². The molecule has 0 saturated carbocycles. The molecule has 0 saturated heterocycles. The molecule has 1 aromatic heterocycles. The van der Waals surface area contributed by atoms with Crippen LogP contribution in [0.25, 0.3) is 0 Å². The van der Waals surface area contributed by atoms with E-state index in [1.165, 1.54) is 0 Å². The maximum Gasteiger partial charge on any atom is 0.258 e. The molecule has 2 amide bonds. The van der Waals surface area contributed by atoms with Gasteiger partial charge in [0.2, 0.25) is 11.9 Å². The number of hydrogen-bond acceptors (Lipinski definition) is 4. The predicted octanol–water partition coefficient (Wildman–Crippen LogP) is 2.77. The number of carbonyl (C=O) groups excluding carboxylic acids is 2. The number of aryl methyl sites for hydroxylation is 1. The molecule has 2 N–H and O–H groups in total. The van der Waals surface area contributed by atoms with Crippen LogP contribution < -0.4 is 10.6 Å². The van der Waals surface area contributed by atoms with Crippen molar-refractivity contribution in [2.75, 3.05) is 10.6 Å². The van der Waals surface area contributed by atoms with Crippen LogP contribution in [0, 0.1) is 6.92 Å². The summed E-state index contributed by atoms with van der Waals surface area (Å²) in [7, 11) is 0. The largest absolute Gasteiger partial charge is 0.295 e. The molecular weight excluding hydrogens is 330 g/mol. The molecule has 0 aliphatic carbocycles. The highest BCUT2D eigenvalue weighted by Gasteiger charge is 2.29. The first-order chi connectivity index (χ1) is 12.6. The SMILES string of the molecule is Cc1ccccc1C(=O)Nc1nc2n(n1)C(c1ccccc1)CC(=O)N2. The van der Waals surface area contributed by atoms with Gasteiger partial charge in [-0.25, -0.2) is 4.68 Å². The molecule has 1 unspecified atom stereocenters. The third-order valence-corrected chi connectivity index (χ3v) is 4.36. The molecule has 1 aliphatic heterocycles. The number of nitrogens with zero attached hydrogens (tertiary/aromatic N) is 3. The van der Waals surface area contributed by atoms with Crippen LogP contribution in [-0.4, -0.2) is 26.6 Å². The Morgan fingerprint density at radius 3 is 2.65 bits per heavy atom. The van der Waals surface area contributed by atoms with Gasteiger partial charge in [0.1, 0.15) is 0 Å². The van der Waals surface area contributed by atoms with Crippen molar-refractivity contribution in [3.63, 3.8) is 0 Å². The first-order valence-electron chi connectivity index (χ1n) is 8.30. The van der Waals surface area contributed by atoms with E-state index in [1.807, 2.05) is 49.4 Å². The van der Waals surface area contributed by atoms with Crippen LogP contribution in [0.2, 0.25) is 0 Å². The molecule has 26 heavy (non-hydrogen) atoms. The standard InChI is InChI=1S/C19H17N5O2/c1-12-7-5-6-10-14(12)17(26)21-18-22-19-20-16(25)11-15(24(19)23-18)13-8-3-2-4-9-13/h2-10,15H,11H2,1H3,(H2,20,21,22,23,25,26). The third kappa shape index (κ3) is 2.95. The molecule has 1 aliphatic rings. The molecule has 4 rings (SSSR count). The van der Waals surface area contributed by atoms with E-state index in [0.29, 0.717) is 11.5 Å². The van der Waals surface area contributed by atoms with E-state index in [9.17, 15) is 9.59 Å². The van der Waals surface area contributed by atoms with Crippen molar-refractivity contribution in [2.24, 2.45) is 0 Å². The van der Waals surface area contributed by atoms with Crippen LogP contribution >= 0.6 is 0 Å². The van der Waals surface area contributed by atoms with Crippen LogP contribution in [0.5, 0.6) is 0 Å². The Morgan fingerprint density at radius 2 is 1.88 bits per heavy atom. The first-order valence-corrected chi connectivity index (χ1v) is 8.30. The second kappa shape index (κ2) is 6.44. The second-order valence-corrected chi connectivity index (χ2v) is 6.15. The molecular formula is C19H17N5O2. The van der Waals surface area contributed by atoms with E-state index in [2.05, 4.69) is 20.7 Å². The quantitative estimate of drug-likeness (QED) is 0.762. The van der Waals surface area contributed by atoms with E-state index in [4.69, 9.17) is 0 Å². The number of aromatic nitrogens is 3. The van der Waals surface area contributed by atoms with Crippen molar-refractivity contribution >= 4 is 23.7 Å². The lowest BCUT2D eigenvalue weighted by molar-refractivity contribution is -0.117. The smallest absolute Gasteiger partial charge is 0.258 e. The Hall–Kier alpha value is -3.48. The van der Waals surface area contributed by atoms with E-state index < -0.39 is 0 Å². The lowest BCUT2D eigenvalue weighted by Gasteiger charge is -2.23. The normalized spacial score (nSPS) is 15.9. The monoisotopic (exact) mass is 347 g/mol. The zero-order chi connectivity index (χ0) is 18.1. The number of carbonyl (C=O) groups is 2. The molecule has 0 spiro atoms. The Kier molecular flexibility index (Phi) is 3.96. The number of hydrogen-bond donors (Lipinski definition) is 2. The minimum atomic E-state index is -0.284. The van der Waals surface area contributed by atoms with Crippen LogP contribution in [-0.2, 0) is 4.79 Å². The van der Waals surface area contributed by atoms with Gasteiger partial charge < -0.3 is 0 Å². The zero-order valence-corrected chi connectivity index (χ0v) is 14.1. The number of rotatable bonds is 3. The van der Waals surface area contributed by atoms with Crippen molar-refractivity contribution in [1.29, 1.82) is 0 Å². The van der Waals surface area contributed by atoms with Gasteiger partial charge in [0.15, 0.2) is 0 Å². The molecule has 7 nitrogen and oxygen atoms in total. The molecule has 2 heterocycles. The summed E-state index contributed by atoms with van der Waals surface area (Å²) in [4.78, 5) is 28.8. The average Bonchev–Trinajstić information content (AvgIpc) is 3.04. The lowest BCUT2D eigenvalue weighted by Crippen LogP contribution is -2.29. The highest BCUT2D eigenvalue weighted by atomic mass is 16.2. The molecule has 0 fully saturated rings. The molecule has 3 aromatic rings. The van der Waals surface area contributed by atoms with Gasteiger partial charge >= 0.3 is 0 Å². The topological polar surface area (TPSA) is 88.9 Å². The van der Waals surface area contributed by atoms with Crippen molar-refractivity contribution < 1.29 is 9.59 Å². The van der Waals surface area contributed by atoms with Gasteiger partial charge in [-0.2, -0.15) is 4.98 Å². The van der Waals surface area contributed by atoms with Crippen molar-refractivity contribution in [1.82, 2.24) is 14.8 Å². The van der Waals surface area contributed by atoms with Crippen molar-refractivity contribution in [3.8, 4) is 0 Å². The maximum absolute atomic E-state index is 12.5. The van der Waals surface area contributed by atoms with Crippen LogP contribution in [0.15, 0.2) is 54.6 Å². The summed E-state index contributed by atoms with van der Waals surface area (Å²) in [5.74, 6) is 0.0794. The fourth-order valence-corrected chi connectivity index (χ4v) is 3.05.